The molecule has 22 heavy (non-hydrogen) atoms. The van der Waals surface area contributed by atoms with Gasteiger partial charge >= 0.3 is 0 Å². The molecule has 0 rings (SSSR count). The predicted molar refractivity (Wildman–Crippen MR) is 98.1 cm³/mol. The highest BCUT2D eigenvalue weighted by atomic mass is 16.1. The van der Waals surface area contributed by atoms with E-state index in [0.717, 1.165) is 6.42 Å². The number of ketones is 1. The van der Waals surface area contributed by atoms with Crippen LogP contribution in [-0.2, 0) is 4.79 Å². The van der Waals surface area contributed by atoms with Gasteiger partial charge in [0.25, 0.3) is 0 Å². The third-order valence-corrected chi connectivity index (χ3v) is 4.19. The van der Waals surface area contributed by atoms with Gasteiger partial charge in [-0.3, -0.25) is 4.79 Å². The van der Waals surface area contributed by atoms with Crippen LogP contribution in [0.3, 0.4) is 0 Å². The van der Waals surface area contributed by atoms with Gasteiger partial charge in [0.15, 0.2) is 0 Å². The van der Waals surface area contributed by atoms with Crippen molar-refractivity contribution in [1.29, 1.82) is 0 Å². The molecule has 0 heterocycles. The normalized spacial score (nSPS) is 12.9. The quantitative estimate of drug-likeness (QED) is 0.283. The molecule has 130 valence electrons. The van der Waals surface area contributed by atoms with Crippen molar-refractivity contribution >= 4 is 5.78 Å². The molecule has 0 fully saturated rings. The van der Waals surface area contributed by atoms with Crippen LogP contribution in [0.1, 0.15) is 104 Å². The number of carbonyl (C=O) groups is 1. The Labute approximate surface area is 138 Å². The molecule has 0 saturated carbocycles. The molecule has 2 N–H and O–H groups in total. The molecule has 2 heteroatoms. The highest BCUT2D eigenvalue weighted by molar-refractivity contribution is 5.83. The Balaban J connectivity index is 3.16. The lowest BCUT2D eigenvalue weighted by molar-refractivity contribution is -0.120. The van der Waals surface area contributed by atoms with Gasteiger partial charge in [0, 0.05) is 6.42 Å². The molecule has 0 aliphatic rings. The summed E-state index contributed by atoms with van der Waals surface area (Å²) in [5.74, 6) is 0.206. The molecule has 0 aliphatic carbocycles. The van der Waals surface area contributed by atoms with Gasteiger partial charge in [-0.25, -0.2) is 0 Å². The minimum absolute atomic E-state index is 0.206. The topological polar surface area (TPSA) is 43.1 Å². The Hall–Kier alpha value is -0.630. The number of rotatable bonds is 16. The van der Waals surface area contributed by atoms with Crippen LogP contribution in [0.25, 0.3) is 0 Å². The Morgan fingerprint density at radius 1 is 0.818 bits per heavy atom. The molecule has 0 aromatic heterocycles. The first kappa shape index (κ1) is 21.4. The summed E-state index contributed by atoms with van der Waals surface area (Å²) < 4.78 is 0. The van der Waals surface area contributed by atoms with E-state index in [1.165, 1.54) is 77.0 Å². The second kappa shape index (κ2) is 16.7. The number of nitrogens with two attached hydrogens (primary N) is 1. The van der Waals surface area contributed by atoms with Crippen LogP contribution in [0.4, 0.5) is 0 Å². The van der Waals surface area contributed by atoms with Crippen LogP contribution in [-0.4, -0.2) is 11.8 Å². The summed E-state index contributed by atoms with van der Waals surface area (Å²) in [6, 6.07) is -0.281. The second-order valence-electron chi connectivity index (χ2n) is 6.59. The molecule has 0 aromatic carbocycles. The van der Waals surface area contributed by atoms with Crippen molar-refractivity contribution in [3.63, 3.8) is 0 Å². The van der Waals surface area contributed by atoms with Gasteiger partial charge in [-0.15, -0.1) is 0 Å². The van der Waals surface area contributed by atoms with Crippen LogP contribution in [0, 0.1) is 0 Å². The number of hydrogen-bond acceptors (Lipinski definition) is 2. The Bertz CT molecular complexity index is 271. The fourth-order valence-electron chi connectivity index (χ4n) is 2.60. The SMILES string of the molecule is CCCCCCCCC=CCCCCCCCC(=O)C(C)N. The van der Waals surface area contributed by atoms with Crippen molar-refractivity contribution in [3.8, 4) is 0 Å². The molecule has 1 atom stereocenters. The van der Waals surface area contributed by atoms with E-state index in [4.69, 9.17) is 5.73 Å². The van der Waals surface area contributed by atoms with E-state index in [1.807, 2.05) is 0 Å². The standard InChI is InChI=1S/C20H39NO/c1-3-4-5-6-7-8-9-10-11-12-13-14-15-16-17-18-20(22)19(2)21/h10-11,19H,3-9,12-18,21H2,1-2H3. The first-order valence-electron chi connectivity index (χ1n) is 9.61. The Morgan fingerprint density at radius 3 is 1.77 bits per heavy atom. The average Bonchev–Trinajstić information content (AvgIpc) is 2.50. The van der Waals surface area contributed by atoms with E-state index in [0.29, 0.717) is 6.42 Å². The molecule has 0 radical (unpaired) electrons. The minimum atomic E-state index is -0.281. The van der Waals surface area contributed by atoms with Crippen molar-refractivity contribution in [2.24, 2.45) is 5.73 Å². The number of unbranched alkanes of at least 4 members (excludes halogenated alkanes) is 11. The summed E-state index contributed by atoms with van der Waals surface area (Å²) in [6.07, 6.45) is 22.1. The molecule has 0 bridgehead atoms. The summed E-state index contributed by atoms with van der Waals surface area (Å²) in [6.45, 7) is 4.04. The summed E-state index contributed by atoms with van der Waals surface area (Å²) in [7, 11) is 0. The first-order valence-corrected chi connectivity index (χ1v) is 9.61. The van der Waals surface area contributed by atoms with Gasteiger partial charge in [0.05, 0.1) is 6.04 Å². The molecule has 1 unspecified atom stereocenters. The summed E-state index contributed by atoms with van der Waals surface area (Å²) in [5, 5.41) is 0. The number of carbonyl (C=O) groups excluding carboxylic acids is 1. The van der Waals surface area contributed by atoms with E-state index in [2.05, 4.69) is 19.1 Å². The van der Waals surface area contributed by atoms with Crippen LogP contribution >= 0.6 is 0 Å². The van der Waals surface area contributed by atoms with E-state index in [-0.39, 0.29) is 11.8 Å². The molecule has 0 spiro atoms. The number of hydrogen-bond donors (Lipinski definition) is 1. The second-order valence-corrected chi connectivity index (χ2v) is 6.59. The zero-order valence-corrected chi connectivity index (χ0v) is 15.1. The number of Topliss-reactive ketones (excluding diaryl/α,β-unsaturated/α-hetero) is 1. The maximum Gasteiger partial charge on any atom is 0.149 e. The number of allylic oxidation sites excluding steroid dienone is 2. The van der Waals surface area contributed by atoms with Gasteiger partial charge in [-0.2, -0.15) is 0 Å². The van der Waals surface area contributed by atoms with Crippen LogP contribution in [0.5, 0.6) is 0 Å². The fraction of sp³-hybridized carbons (Fsp3) is 0.850. The summed E-state index contributed by atoms with van der Waals surface area (Å²) in [4.78, 5) is 11.3. The summed E-state index contributed by atoms with van der Waals surface area (Å²) >= 11 is 0. The fourth-order valence-corrected chi connectivity index (χ4v) is 2.60. The van der Waals surface area contributed by atoms with Gasteiger partial charge in [-0.1, -0.05) is 70.4 Å². The smallest absolute Gasteiger partial charge is 0.149 e. The van der Waals surface area contributed by atoms with Crippen molar-refractivity contribution in [2.75, 3.05) is 0 Å². The Morgan fingerprint density at radius 2 is 1.27 bits per heavy atom. The van der Waals surface area contributed by atoms with Crippen molar-refractivity contribution in [3.05, 3.63) is 12.2 Å². The highest BCUT2D eigenvalue weighted by Crippen LogP contribution is 2.10. The average molecular weight is 310 g/mol. The minimum Gasteiger partial charge on any atom is -0.322 e. The monoisotopic (exact) mass is 309 g/mol. The molecule has 0 aliphatic heterocycles. The van der Waals surface area contributed by atoms with E-state index in [1.54, 1.807) is 6.92 Å². The maximum atomic E-state index is 11.3. The van der Waals surface area contributed by atoms with Crippen molar-refractivity contribution in [1.82, 2.24) is 0 Å². The molecule has 0 amide bonds. The lowest BCUT2D eigenvalue weighted by atomic mass is 10.0. The third kappa shape index (κ3) is 15.8. The zero-order chi connectivity index (χ0) is 16.5. The third-order valence-electron chi connectivity index (χ3n) is 4.19. The van der Waals surface area contributed by atoms with Crippen LogP contribution < -0.4 is 5.73 Å². The summed E-state index contributed by atoms with van der Waals surface area (Å²) in [5.41, 5.74) is 5.54. The highest BCUT2D eigenvalue weighted by Gasteiger charge is 2.05. The first-order chi connectivity index (χ1) is 10.7. The predicted octanol–water partition coefficient (Wildman–Crippen LogP) is 5.94. The van der Waals surface area contributed by atoms with E-state index >= 15 is 0 Å². The molecule has 0 saturated heterocycles. The van der Waals surface area contributed by atoms with E-state index < -0.39 is 0 Å². The van der Waals surface area contributed by atoms with Gasteiger partial charge in [-0.05, 0) is 39.0 Å². The van der Waals surface area contributed by atoms with Gasteiger partial charge in [0.2, 0.25) is 0 Å². The van der Waals surface area contributed by atoms with Crippen LogP contribution in [0.2, 0.25) is 0 Å². The zero-order valence-electron chi connectivity index (χ0n) is 15.1. The lowest BCUT2D eigenvalue weighted by Gasteiger charge is -2.03. The largest absolute Gasteiger partial charge is 0.322 e. The van der Waals surface area contributed by atoms with Crippen molar-refractivity contribution in [2.45, 2.75) is 110 Å². The van der Waals surface area contributed by atoms with Crippen molar-refractivity contribution < 1.29 is 4.79 Å². The Kier molecular flexibility index (Phi) is 16.3. The van der Waals surface area contributed by atoms with Gasteiger partial charge in [0.1, 0.15) is 5.78 Å². The van der Waals surface area contributed by atoms with Crippen LogP contribution in [0.15, 0.2) is 12.2 Å². The van der Waals surface area contributed by atoms with Gasteiger partial charge < -0.3 is 5.73 Å². The molecule has 0 aromatic rings. The molecular formula is C20H39NO. The molecular weight excluding hydrogens is 270 g/mol. The lowest BCUT2D eigenvalue weighted by Crippen LogP contribution is -2.26. The molecule has 2 nitrogen and oxygen atoms in total. The van der Waals surface area contributed by atoms with E-state index in [9.17, 15) is 4.79 Å². The maximum absolute atomic E-state index is 11.3.